The molecular formula is C12H12ClN3O2. The topological polar surface area (TPSA) is 68.9 Å². The molecule has 2 rings (SSSR count). The van der Waals surface area contributed by atoms with Crippen LogP contribution in [0, 0.1) is 10.1 Å². The number of hydrogen-bond donors (Lipinski definition) is 0. The van der Waals surface area contributed by atoms with Gasteiger partial charge in [-0.15, -0.1) is 0 Å². The van der Waals surface area contributed by atoms with Gasteiger partial charge in [-0.25, -0.2) is 9.97 Å². The maximum Gasteiger partial charge on any atom is 0.270 e. The molecule has 0 aliphatic carbocycles. The summed E-state index contributed by atoms with van der Waals surface area (Å²) in [5.41, 5.74) is 0.640. The lowest BCUT2D eigenvalue weighted by atomic mass is 10.2. The number of hydrogen-bond acceptors (Lipinski definition) is 4. The Hall–Kier alpha value is -1.75. The Morgan fingerprint density at radius 3 is 2.83 bits per heavy atom. The summed E-state index contributed by atoms with van der Waals surface area (Å²) < 4.78 is 0. The zero-order valence-corrected chi connectivity index (χ0v) is 10.6. The molecule has 0 aliphatic heterocycles. The Morgan fingerprint density at radius 1 is 1.39 bits per heavy atom. The van der Waals surface area contributed by atoms with Crippen LogP contribution in [0.25, 0.3) is 10.9 Å². The smallest absolute Gasteiger partial charge is 0.258 e. The van der Waals surface area contributed by atoms with Crippen molar-refractivity contribution in [2.75, 3.05) is 0 Å². The molecule has 6 heteroatoms. The fourth-order valence-corrected chi connectivity index (χ4v) is 1.93. The van der Waals surface area contributed by atoms with Crippen molar-refractivity contribution in [2.24, 2.45) is 0 Å². The maximum atomic E-state index is 10.7. The third kappa shape index (κ3) is 2.56. The lowest BCUT2D eigenvalue weighted by Crippen LogP contribution is -1.97. The van der Waals surface area contributed by atoms with Gasteiger partial charge in [0.1, 0.15) is 11.0 Å². The SMILES string of the molecule is CCCCc1nc(Cl)c2cc([N+](=O)[O-])ccc2n1. The average molecular weight is 266 g/mol. The number of non-ortho nitro benzene ring substituents is 1. The summed E-state index contributed by atoms with van der Waals surface area (Å²) in [7, 11) is 0. The van der Waals surface area contributed by atoms with Gasteiger partial charge in [-0.3, -0.25) is 10.1 Å². The molecule has 0 saturated carbocycles. The third-order valence-corrected chi connectivity index (χ3v) is 2.93. The van der Waals surface area contributed by atoms with Gasteiger partial charge in [-0.05, 0) is 12.5 Å². The number of fused-ring (bicyclic) bond motifs is 1. The molecule has 0 saturated heterocycles. The molecule has 1 aromatic carbocycles. The van der Waals surface area contributed by atoms with Crippen molar-refractivity contribution >= 4 is 28.2 Å². The predicted molar refractivity (Wildman–Crippen MR) is 69.8 cm³/mol. The highest BCUT2D eigenvalue weighted by Gasteiger charge is 2.11. The van der Waals surface area contributed by atoms with Gasteiger partial charge >= 0.3 is 0 Å². The Bertz CT molecular complexity index is 601. The minimum Gasteiger partial charge on any atom is -0.258 e. The zero-order valence-electron chi connectivity index (χ0n) is 9.89. The number of benzene rings is 1. The summed E-state index contributed by atoms with van der Waals surface area (Å²) in [5, 5.41) is 11.5. The number of rotatable bonds is 4. The number of nitro groups is 1. The molecule has 0 atom stereocenters. The molecule has 0 fully saturated rings. The van der Waals surface area contributed by atoms with E-state index in [1.165, 1.54) is 12.1 Å². The second-order valence-electron chi connectivity index (χ2n) is 3.99. The molecule has 1 heterocycles. The fraction of sp³-hybridized carbons (Fsp3) is 0.333. The second-order valence-corrected chi connectivity index (χ2v) is 4.35. The molecule has 2 aromatic rings. The normalized spacial score (nSPS) is 10.8. The van der Waals surface area contributed by atoms with Crippen LogP contribution in [0.1, 0.15) is 25.6 Å². The van der Waals surface area contributed by atoms with Crippen LogP contribution in [0.2, 0.25) is 5.15 Å². The van der Waals surface area contributed by atoms with Crippen LogP contribution in [0.3, 0.4) is 0 Å². The highest BCUT2D eigenvalue weighted by molar-refractivity contribution is 6.34. The molecule has 0 radical (unpaired) electrons. The highest BCUT2D eigenvalue weighted by atomic mass is 35.5. The van der Waals surface area contributed by atoms with Crippen molar-refractivity contribution in [2.45, 2.75) is 26.2 Å². The molecule has 94 valence electrons. The summed E-state index contributed by atoms with van der Waals surface area (Å²) in [6.45, 7) is 2.09. The van der Waals surface area contributed by atoms with Gasteiger partial charge in [0, 0.05) is 23.9 Å². The van der Waals surface area contributed by atoms with Crippen molar-refractivity contribution in [1.82, 2.24) is 9.97 Å². The first kappa shape index (κ1) is 12.7. The van der Waals surface area contributed by atoms with E-state index in [4.69, 9.17) is 11.6 Å². The Morgan fingerprint density at radius 2 is 2.17 bits per heavy atom. The summed E-state index contributed by atoms with van der Waals surface area (Å²) in [4.78, 5) is 18.8. The van der Waals surface area contributed by atoms with Crippen molar-refractivity contribution in [3.05, 3.63) is 39.3 Å². The first-order chi connectivity index (χ1) is 8.61. The van der Waals surface area contributed by atoms with Crippen LogP contribution < -0.4 is 0 Å². The zero-order chi connectivity index (χ0) is 13.1. The largest absolute Gasteiger partial charge is 0.270 e. The molecule has 0 aliphatic rings. The molecule has 0 unspecified atom stereocenters. The highest BCUT2D eigenvalue weighted by Crippen LogP contribution is 2.25. The van der Waals surface area contributed by atoms with Gasteiger partial charge in [-0.1, -0.05) is 24.9 Å². The number of halogens is 1. The van der Waals surface area contributed by atoms with Gasteiger partial charge in [0.2, 0.25) is 0 Å². The fourth-order valence-electron chi connectivity index (χ4n) is 1.68. The van der Waals surface area contributed by atoms with Crippen LogP contribution in [0.5, 0.6) is 0 Å². The Labute approximate surface area is 109 Å². The van der Waals surface area contributed by atoms with Gasteiger partial charge in [0.25, 0.3) is 5.69 Å². The lowest BCUT2D eigenvalue weighted by molar-refractivity contribution is -0.384. The van der Waals surface area contributed by atoms with Crippen molar-refractivity contribution < 1.29 is 4.92 Å². The van der Waals surface area contributed by atoms with E-state index in [0.29, 0.717) is 16.7 Å². The summed E-state index contributed by atoms with van der Waals surface area (Å²) in [6, 6.07) is 4.44. The van der Waals surface area contributed by atoms with E-state index in [9.17, 15) is 10.1 Å². The van der Waals surface area contributed by atoms with E-state index >= 15 is 0 Å². The Kier molecular flexibility index (Phi) is 3.72. The lowest BCUT2D eigenvalue weighted by Gasteiger charge is -2.03. The summed E-state index contributed by atoms with van der Waals surface area (Å²) in [6.07, 6.45) is 2.82. The molecule has 0 spiro atoms. The van der Waals surface area contributed by atoms with E-state index in [-0.39, 0.29) is 10.8 Å². The Balaban J connectivity index is 2.48. The molecule has 1 aromatic heterocycles. The predicted octanol–water partition coefficient (Wildman–Crippen LogP) is 3.53. The minimum atomic E-state index is -0.458. The van der Waals surface area contributed by atoms with E-state index in [2.05, 4.69) is 16.9 Å². The van der Waals surface area contributed by atoms with Gasteiger partial charge in [0.05, 0.1) is 10.4 Å². The second kappa shape index (κ2) is 5.27. The quantitative estimate of drug-likeness (QED) is 0.482. The van der Waals surface area contributed by atoms with Gasteiger partial charge in [0.15, 0.2) is 0 Å². The van der Waals surface area contributed by atoms with Crippen LogP contribution in [-0.2, 0) is 6.42 Å². The standard InChI is InChI=1S/C12H12ClN3O2/c1-2-3-4-11-14-10-6-5-8(16(17)18)7-9(10)12(13)15-11/h5-7H,2-4H2,1H3. The van der Waals surface area contributed by atoms with Gasteiger partial charge < -0.3 is 0 Å². The van der Waals surface area contributed by atoms with Crippen molar-refractivity contribution in [3.63, 3.8) is 0 Å². The number of unbranched alkanes of at least 4 members (excludes halogenated alkanes) is 1. The number of nitro benzene ring substituents is 1. The van der Waals surface area contributed by atoms with Crippen LogP contribution in [0.4, 0.5) is 5.69 Å². The average Bonchev–Trinajstić information content (AvgIpc) is 2.36. The summed E-state index contributed by atoms with van der Waals surface area (Å²) in [5.74, 6) is 0.684. The monoisotopic (exact) mass is 265 g/mol. The maximum absolute atomic E-state index is 10.7. The number of aromatic nitrogens is 2. The summed E-state index contributed by atoms with van der Waals surface area (Å²) >= 11 is 6.04. The number of aryl methyl sites for hydroxylation is 1. The van der Waals surface area contributed by atoms with E-state index in [1.54, 1.807) is 6.07 Å². The van der Waals surface area contributed by atoms with E-state index < -0.39 is 4.92 Å². The molecular weight excluding hydrogens is 254 g/mol. The van der Waals surface area contributed by atoms with Gasteiger partial charge in [-0.2, -0.15) is 0 Å². The molecule has 18 heavy (non-hydrogen) atoms. The number of nitrogens with zero attached hydrogens (tertiary/aromatic N) is 3. The molecule has 0 amide bonds. The van der Waals surface area contributed by atoms with Crippen LogP contribution in [0.15, 0.2) is 18.2 Å². The van der Waals surface area contributed by atoms with E-state index in [1.807, 2.05) is 0 Å². The van der Waals surface area contributed by atoms with Crippen LogP contribution >= 0.6 is 11.6 Å². The third-order valence-electron chi connectivity index (χ3n) is 2.64. The first-order valence-electron chi connectivity index (χ1n) is 5.72. The van der Waals surface area contributed by atoms with Crippen LogP contribution in [-0.4, -0.2) is 14.9 Å². The van der Waals surface area contributed by atoms with Crippen molar-refractivity contribution in [1.29, 1.82) is 0 Å². The molecule has 0 N–H and O–H groups in total. The van der Waals surface area contributed by atoms with Crippen molar-refractivity contribution in [3.8, 4) is 0 Å². The minimum absolute atomic E-state index is 0.00527. The van der Waals surface area contributed by atoms with E-state index in [0.717, 1.165) is 19.3 Å². The molecule has 5 nitrogen and oxygen atoms in total. The molecule has 0 bridgehead atoms. The first-order valence-corrected chi connectivity index (χ1v) is 6.10.